The first-order valence-electron chi connectivity index (χ1n) is 7.92. The first-order valence-corrected chi connectivity index (χ1v) is 9.78. The van der Waals surface area contributed by atoms with Gasteiger partial charge in [-0.2, -0.15) is 0 Å². The molecular weight excluding hydrogens is 346 g/mol. The average molecular weight is 372 g/mol. The second-order valence-corrected chi connectivity index (χ2v) is 8.18. The summed E-state index contributed by atoms with van der Waals surface area (Å²) in [6.45, 7) is 11.2. The van der Waals surface area contributed by atoms with Crippen molar-refractivity contribution in [2.24, 2.45) is 5.92 Å². The SMILES string of the molecule is C=CCC(O)(CC=C)[C@@H](NS(=O)(=O)c1cccc(Cl)c1)[C@@H](C)CC. The molecule has 0 aliphatic rings. The number of halogens is 1. The average Bonchev–Trinajstić information content (AvgIpc) is 2.52. The molecule has 0 radical (unpaired) electrons. The lowest BCUT2D eigenvalue weighted by atomic mass is 9.80. The minimum absolute atomic E-state index is 0.0721. The van der Waals surface area contributed by atoms with Gasteiger partial charge < -0.3 is 5.11 Å². The highest BCUT2D eigenvalue weighted by molar-refractivity contribution is 7.89. The van der Waals surface area contributed by atoms with E-state index >= 15 is 0 Å². The Balaban J connectivity index is 3.26. The van der Waals surface area contributed by atoms with Gasteiger partial charge in [-0.05, 0) is 37.0 Å². The van der Waals surface area contributed by atoms with Gasteiger partial charge in [0.05, 0.1) is 16.5 Å². The molecular formula is C18H26ClNO3S. The van der Waals surface area contributed by atoms with E-state index in [-0.39, 0.29) is 23.7 Å². The molecule has 0 amide bonds. The fraction of sp³-hybridized carbons (Fsp3) is 0.444. The lowest BCUT2D eigenvalue weighted by Gasteiger charge is -2.38. The number of aliphatic hydroxyl groups is 1. The van der Waals surface area contributed by atoms with Gasteiger partial charge >= 0.3 is 0 Å². The monoisotopic (exact) mass is 371 g/mol. The molecule has 4 nitrogen and oxygen atoms in total. The molecule has 134 valence electrons. The molecule has 1 rings (SSSR count). The van der Waals surface area contributed by atoms with Gasteiger partial charge in [-0.25, -0.2) is 13.1 Å². The van der Waals surface area contributed by atoms with Crippen molar-refractivity contribution < 1.29 is 13.5 Å². The minimum atomic E-state index is -3.82. The molecule has 6 heteroatoms. The number of rotatable bonds is 10. The molecule has 0 saturated heterocycles. The van der Waals surface area contributed by atoms with Gasteiger partial charge in [-0.15, -0.1) is 13.2 Å². The summed E-state index contributed by atoms with van der Waals surface area (Å²) in [4.78, 5) is 0.0721. The van der Waals surface area contributed by atoms with E-state index in [2.05, 4.69) is 17.9 Å². The zero-order valence-corrected chi connectivity index (χ0v) is 15.8. The summed E-state index contributed by atoms with van der Waals surface area (Å²) in [5.74, 6) is -0.0798. The van der Waals surface area contributed by atoms with E-state index in [1.165, 1.54) is 12.1 Å². The van der Waals surface area contributed by atoms with E-state index in [0.29, 0.717) is 11.4 Å². The Morgan fingerprint density at radius 3 is 2.38 bits per heavy atom. The summed E-state index contributed by atoms with van der Waals surface area (Å²) in [5.41, 5.74) is -1.29. The fourth-order valence-electron chi connectivity index (χ4n) is 2.70. The number of hydrogen-bond donors (Lipinski definition) is 2. The molecule has 0 spiro atoms. The minimum Gasteiger partial charge on any atom is -0.388 e. The van der Waals surface area contributed by atoms with Crippen molar-refractivity contribution >= 4 is 21.6 Å². The predicted molar refractivity (Wildman–Crippen MR) is 99.6 cm³/mol. The van der Waals surface area contributed by atoms with Crippen LogP contribution in [0.3, 0.4) is 0 Å². The van der Waals surface area contributed by atoms with E-state index in [4.69, 9.17) is 11.6 Å². The summed E-state index contributed by atoms with van der Waals surface area (Å²) >= 11 is 5.90. The highest BCUT2D eigenvalue weighted by atomic mass is 35.5. The van der Waals surface area contributed by atoms with Crippen LogP contribution in [-0.2, 0) is 10.0 Å². The maximum Gasteiger partial charge on any atom is 0.240 e. The Labute approximate surface area is 150 Å². The molecule has 0 unspecified atom stereocenters. The molecule has 0 fully saturated rings. The molecule has 0 bridgehead atoms. The third-order valence-corrected chi connectivity index (χ3v) is 5.85. The Bertz CT molecular complexity index is 663. The number of nitrogens with one attached hydrogen (secondary N) is 1. The van der Waals surface area contributed by atoms with Crippen LogP contribution >= 0.6 is 11.6 Å². The summed E-state index contributed by atoms with van der Waals surface area (Å²) in [6.07, 6.45) is 4.40. The van der Waals surface area contributed by atoms with Gasteiger partial charge in [0.15, 0.2) is 0 Å². The summed E-state index contributed by atoms with van der Waals surface area (Å²) in [6, 6.07) is 5.37. The maximum absolute atomic E-state index is 12.7. The number of hydrogen-bond acceptors (Lipinski definition) is 3. The Morgan fingerprint density at radius 1 is 1.33 bits per heavy atom. The second kappa shape index (κ2) is 8.81. The topological polar surface area (TPSA) is 66.4 Å². The molecule has 0 aromatic heterocycles. The van der Waals surface area contributed by atoms with Gasteiger partial charge in [0, 0.05) is 5.02 Å². The van der Waals surface area contributed by atoms with Crippen molar-refractivity contribution in [2.75, 3.05) is 0 Å². The van der Waals surface area contributed by atoms with Crippen LogP contribution in [0.1, 0.15) is 33.1 Å². The van der Waals surface area contributed by atoms with Crippen molar-refractivity contribution in [3.8, 4) is 0 Å². The maximum atomic E-state index is 12.7. The van der Waals surface area contributed by atoms with Crippen molar-refractivity contribution in [1.29, 1.82) is 0 Å². The predicted octanol–water partition coefficient (Wildman–Crippen LogP) is 3.92. The van der Waals surface area contributed by atoms with Gasteiger partial charge in [0.2, 0.25) is 10.0 Å². The molecule has 0 saturated carbocycles. The highest BCUT2D eigenvalue weighted by Crippen LogP contribution is 2.29. The van der Waals surface area contributed by atoms with Crippen LogP contribution in [0.2, 0.25) is 5.02 Å². The lowest BCUT2D eigenvalue weighted by molar-refractivity contribution is -0.00403. The zero-order chi connectivity index (χ0) is 18.4. The van der Waals surface area contributed by atoms with Crippen molar-refractivity contribution in [1.82, 2.24) is 4.72 Å². The lowest BCUT2D eigenvalue weighted by Crippen LogP contribution is -2.55. The van der Waals surface area contributed by atoms with E-state index in [0.717, 1.165) is 0 Å². The molecule has 2 N–H and O–H groups in total. The van der Waals surface area contributed by atoms with Gasteiger partial charge in [-0.1, -0.05) is 50.1 Å². The van der Waals surface area contributed by atoms with Gasteiger partial charge in [-0.3, -0.25) is 0 Å². The molecule has 1 aromatic carbocycles. The highest BCUT2D eigenvalue weighted by Gasteiger charge is 2.40. The van der Waals surface area contributed by atoms with Gasteiger partial charge in [0.25, 0.3) is 0 Å². The first-order chi connectivity index (χ1) is 11.2. The Hall–Kier alpha value is -1.14. The Kier molecular flexibility index (Phi) is 7.67. The number of benzene rings is 1. The van der Waals surface area contributed by atoms with Crippen LogP contribution in [0.4, 0.5) is 0 Å². The van der Waals surface area contributed by atoms with Crippen molar-refractivity contribution in [3.05, 3.63) is 54.6 Å². The summed E-state index contributed by atoms with van der Waals surface area (Å²) in [5, 5.41) is 11.4. The van der Waals surface area contributed by atoms with Crippen LogP contribution in [0.5, 0.6) is 0 Å². The quantitative estimate of drug-likeness (QED) is 0.612. The number of sulfonamides is 1. The van der Waals surface area contributed by atoms with Gasteiger partial charge in [0.1, 0.15) is 0 Å². The summed E-state index contributed by atoms with van der Waals surface area (Å²) < 4.78 is 28.1. The zero-order valence-electron chi connectivity index (χ0n) is 14.2. The van der Waals surface area contributed by atoms with Crippen molar-refractivity contribution in [2.45, 2.75) is 49.6 Å². The molecule has 0 heterocycles. The standard InChI is InChI=1S/C18H26ClNO3S/c1-5-11-18(21,12-6-2)17(14(4)7-3)20-24(22,23)16-10-8-9-15(19)13-16/h5-6,8-10,13-14,17,20-21H,1-2,7,11-12H2,3-4H3/t14-,17-/m0/s1. The van der Waals surface area contributed by atoms with Crippen LogP contribution in [0.15, 0.2) is 54.5 Å². The van der Waals surface area contributed by atoms with E-state index < -0.39 is 21.7 Å². The largest absolute Gasteiger partial charge is 0.388 e. The molecule has 2 atom stereocenters. The third-order valence-electron chi connectivity index (χ3n) is 4.18. The van der Waals surface area contributed by atoms with E-state index in [9.17, 15) is 13.5 Å². The van der Waals surface area contributed by atoms with E-state index in [1.54, 1.807) is 24.3 Å². The fourth-order valence-corrected chi connectivity index (χ4v) is 4.41. The normalized spacial score (nSPS) is 14.8. The summed E-state index contributed by atoms with van der Waals surface area (Å²) in [7, 11) is -3.82. The first kappa shape index (κ1) is 20.9. The Morgan fingerprint density at radius 2 is 1.92 bits per heavy atom. The van der Waals surface area contributed by atoms with Crippen molar-refractivity contribution in [3.63, 3.8) is 0 Å². The second-order valence-electron chi connectivity index (χ2n) is 6.03. The third kappa shape index (κ3) is 5.18. The van der Waals surface area contributed by atoms with Crippen LogP contribution < -0.4 is 4.72 Å². The van der Waals surface area contributed by atoms with Crippen LogP contribution in [0.25, 0.3) is 0 Å². The van der Waals surface area contributed by atoms with Crippen LogP contribution in [0, 0.1) is 5.92 Å². The molecule has 24 heavy (non-hydrogen) atoms. The molecule has 0 aliphatic heterocycles. The molecule has 1 aromatic rings. The molecule has 0 aliphatic carbocycles. The van der Waals surface area contributed by atoms with Crippen LogP contribution in [-0.4, -0.2) is 25.2 Å². The smallest absolute Gasteiger partial charge is 0.240 e. The van der Waals surface area contributed by atoms with E-state index in [1.807, 2.05) is 13.8 Å².